The van der Waals surface area contributed by atoms with Gasteiger partial charge < -0.3 is 14.0 Å². The first-order valence-electron chi connectivity index (χ1n) is 18.9. The van der Waals surface area contributed by atoms with Gasteiger partial charge in [0.1, 0.15) is 0 Å². The minimum absolute atomic E-state index is 1.09. The van der Waals surface area contributed by atoms with Crippen LogP contribution in [0.15, 0.2) is 212 Å². The average molecular weight is 702 g/mol. The molecular formula is C52H35N3. The van der Waals surface area contributed by atoms with Gasteiger partial charge in [0.2, 0.25) is 0 Å². The summed E-state index contributed by atoms with van der Waals surface area (Å²) in [5.41, 5.74) is 12.7. The summed E-state index contributed by atoms with van der Waals surface area (Å²) >= 11 is 0. The van der Waals surface area contributed by atoms with Crippen LogP contribution in [-0.2, 0) is 0 Å². The van der Waals surface area contributed by atoms with E-state index in [4.69, 9.17) is 0 Å². The van der Waals surface area contributed by atoms with Crippen molar-refractivity contribution in [2.75, 3.05) is 4.90 Å². The van der Waals surface area contributed by atoms with Gasteiger partial charge in [0.15, 0.2) is 0 Å². The molecular weight excluding hydrogens is 667 g/mol. The highest BCUT2D eigenvalue weighted by molar-refractivity contribution is 6.25. The van der Waals surface area contributed by atoms with Gasteiger partial charge >= 0.3 is 0 Å². The topological polar surface area (TPSA) is 13.1 Å². The van der Waals surface area contributed by atoms with Gasteiger partial charge in [-0.05, 0) is 101 Å². The summed E-state index contributed by atoms with van der Waals surface area (Å²) in [5.74, 6) is 0. The quantitative estimate of drug-likeness (QED) is 0.168. The molecule has 11 aromatic rings. The number of para-hydroxylation sites is 3. The molecule has 0 aliphatic rings. The molecule has 3 heteroatoms. The van der Waals surface area contributed by atoms with Gasteiger partial charge in [0, 0.05) is 50.0 Å². The SMILES string of the molecule is c1ccc(-c2cccc(N(c3ccccc3)c3cccc(-n4c5ccccc5c5cc6c7c8ccccc8ccc7n(-c7ccccc7)c6cc54)c3)c2)cc1. The van der Waals surface area contributed by atoms with Gasteiger partial charge in [0.05, 0.1) is 22.1 Å². The van der Waals surface area contributed by atoms with Crippen molar-refractivity contribution in [3.8, 4) is 22.5 Å². The van der Waals surface area contributed by atoms with Crippen molar-refractivity contribution in [2.24, 2.45) is 0 Å². The highest BCUT2D eigenvalue weighted by atomic mass is 15.1. The van der Waals surface area contributed by atoms with E-state index in [1.165, 1.54) is 65.5 Å². The van der Waals surface area contributed by atoms with Crippen LogP contribution in [0.2, 0.25) is 0 Å². The number of anilines is 3. The van der Waals surface area contributed by atoms with Gasteiger partial charge in [-0.25, -0.2) is 0 Å². The summed E-state index contributed by atoms with van der Waals surface area (Å²) in [6, 6.07) is 76.9. The van der Waals surface area contributed by atoms with Crippen molar-refractivity contribution in [1.29, 1.82) is 0 Å². The average Bonchev–Trinajstić information content (AvgIpc) is 3.76. The van der Waals surface area contributed by atoms with Crippen molar-refractivity contribution in [3.05, 3.63) is 212 Å². The van der Waals surface area contributed by atoms with Gasteiger partial charge in [0.25, 0.3) is 0 Å². The molecule has 0 radical (unpaired) electrons. The molecule has 11 rings (SSSR count). The van der Waals surface area contributed by atoms with E-state index in [-0.39, 0.29) is 0 Å². The number of aromatic nitrogens is 2. The van der Waals surface area contributed by atoms with Gasteiger partial charge in [-0.2, -0.15) is 0 Å². The van der Waals surface area contributed by atoms with Gasteiger partial charge in [-0.1, -0.05) is 133 Å². The summed E-state index contributed by atoms with van der Waals surface area (Å²) in [5, 5.41) is 7.54. The molecule has 258 valence electrons. The normalized spacial score (nSPS) is 11.6. The zero-order valence-electron chi connectivity index (χ0n) is 30.0. The molecule has 0 atom stereocenters. The highest BCUT2D eigenvalue weighted by Crippen LogP contribution is 2.43. The van der Waals surface area contributed by atoms with Crippen molar-refractivity contribution >= 4 is 71.4 Å². The van der Waals surface area contributed by atoms with Crippen molar-refractivity contribution in [1.82, 2.24) is 9.13 Å². The van der Waals surface area contributed by atoms with Crippen LogP contribution in [0, 0.1) is 0 Å². The molecule has 0 N–H and O–H groups in total. The summed E-state index contributed by atoms with van der Waals surface area (Å²) in [7, 11) is 0. The van der Waals surface area contributed by atoms with Crippen LogP contribution in [0.5, 0.6) is 0 Å². The molecule has 55 heavy (non-hydrogen) atoms. The molecule has 0 unspecified atom stereocenters. The Labute approximate surface area is 319 Å². The number of rotatable bonds is 6. The molecule has 0 aliphatic heterocycles. The van der Waals surface area contributed by atoms with E-state index in [9.17, 15) is 0 Å². The highest BCUT2D eigenvalue weighted by Gasteiger charge is 2.21. The second-order valence-corrected chi connectivity index (χ2v) is 14.2. The Morgan fingerprint density at radius 1 is 0.291 bits per heavy atom. The fraction of sp³-hybridized carbons (Fsp3) is 0. The first kappa shape index (κ1) is 31.2. The molecule has 0 aliphatic carbocycles. The van der Waals surface area contributed by atoms with E-state index < -0.39 is 0 Å². The Morgan fingerprint density at radius 2 is 0.873 bits per heavy atom. The minimum atomic E-state index is 1.09. The van der Waals surface area contributed by atoms with E-state index in [0.29, 0.717) is 0 Å². The predicted molar refractivity (Wildman–Crippen MR) is 233 cm³/mol. The Balaban J connectivity index is 1.17. The van der Waals surface area contributed by atoms with E-state index in [0.717, 1.165) is 28.4 Å². The lowest BCUT2D eigenvalue weighted by molar-refractivity contribution is 1.16. The lowest BCUT2D eigenvalue weighted by Crippen LogP contribution is -2.10. The van der Waals surface area contributed by atoms with Crippen LogP contribution in [0.1, 0.15) is 0 Å². The summed E-state index contributed by atoms with van der Waals surface area (Å²) in [6.45, 7) is 0. The zero-order chi connectivity index (χ0) is 36.3. The minimum Gasteiger partial charge on any atom is -0.310 e. The fourth-order valence-electron chi connectivity index (χ4n) is 8.63. The number of nitrogens with zero attached hydrogens (tertiary/aromatic N) is 3. The number of benzene rings is 9. The van der Waals surface area contributed by atoms with Crippen LogP contribution in [0.25, 0.3) is 76.9 Å². The molecule has 0 fully saturated rings. The standard InChI is InChI=1S/C52H35N3/c1-4-16-36(17-5-1)38-19-14-24-41(32-38)53(39-20-6-2-7-21-39)42-25-15-26-43(33-42)55-48-29-13-12-28-45(48)46-34-47-51(35-50(46)55)54(40-22-8-3-9-23-40)49-31-30-37-18-10-11-27-44(37)52(47)49/h1-35H. The Kier molecular flexibility index (Phi) is 7.17. The second kappa shape index (κ2) is 12.6. The lowest BCUT2D eigenvalue weighted by atomic mass is 10.0. The van der Waals surface area contributed by atoms with Crippen molar-refractivity contribution in [2.45, 2.75) is 0 Å². The summed E-state index contributed by atoms with van der Waals surface area (Å²) in [6.07, 6.45) is 0. The van der Waals surface area contributed by atoms with Gasteiger partial charge in [-0.3, -0.25) is 0 Å². The van der Waals surface area contributed by atoms with E-state index in [2.05, 4.69) is 226 Å². The monoisotopic (exact) mass is 701 g/mol. The lowest BCUT2D eigenvalue weighted by Gasteiger charge is -2.26. The van der Waals surface area contributed by atoms with Crippen LogP contribution in [0.3, 0.4) is 0 Å². The first-order chi connectivity index (χ1) is 27.3. The largest absolute Gasteiger partial charge is 0.310 e. The van der Waals surface area contributed by atoms with E-state index >= 15 is 0 Å². The first-order valence-corrected chi connectivity index (χ1v) is 18.9. The Bertz CT molecular complexity index is 3190. The molecule has 0 saturated heterocycles. The molecule has 0 bridgehead atoms. The third-order valence-corrected chi connectivity index (χ3v) is 11.0. The van der Waals surface area contributed by atoms with Crippen LogP contribution < -0.4 is 4.90 Å². The van der Waals surface area contributed by atoms with Crippen LogP contribution in [-0.4, -0.2) is 9.13 Å². The van der Waals surface area contributed by atoms with Crippen molar-refractivity contribution in [3.63, 3.8) is 0 Å². The molecule has 0 spiro atoms. The molecule has 9 aromatic carbocycles. The second-order valence-electron chi connectivity index (χ2n) is 14.2. The molecule has 3 nitrogen and oxygen atoms in total. The van der Waals surface area contributed by atoms with Crippen LogP contribution in [0.4, 0.5) is 17.1 Å². The predicted octanol–water partition coefficient (Wildman–Crippen LogP) is 14.2. The van der Waals surface area contributed by atoms with E-state index in [1.807, 2.05) is 0 Å². The van der Waals surface area contributed by atoms with Crippen LogP contribution >= 0.6 is 0 Å². The number of hydrogen-bond donors (Lipinski definition) is 0. The maximum absolute atomic E-state index is 2.45. The third-order valence-electron chi connectivity index (χ3n) is 11.0. The molecule has 2 aromatic heterocycles. The number of hydrogen-bond acceptors (Lipinski definition) is 1. The maximum Gasteiger partial charge on any atom is 0.0562 e. The third kappa shape index (κ3) is 5.05. The zero-order valence-corrected chi connectivity index (χ0v) is 30.0. The van der Waals surface area contributed by atoms with Gasteiger partial charge in [-0.15, -0.1) is 0 Å². The fourth-order valence-corrected chi connectivity index (χ4v) is 8.63. The van der Waals surface area contributed by atoms with Crippen molar-refractivity contribution < 1.29 is 0 Å². The Hall–Kier alpha value is -7.36. The summed E-state index contributed by atoms with van der Waals surface area (Å²) in [4.78, 5) is 2.36. The summed E-state index contributed by atoms with van der Waals surface area (Å²) < 4.78 is 4.88. The molecule has 2 heterocycles. The molecule has 0 amide bonds. The Morgan fingerprint density at radius 3 is 1.69 bits per heavy atom. The smallest absolute Gasteiger partial charge is 0.0562 e. The van der Waals surface area contributed by atoms with E-state index in [1.54, 1.807) is 0 Å². The number of fused-ring (bicyclic) bond motifs is 8. The maximum atomic E-state index is 2.45. The molecule has 0 saturated carbocycles.